The zero-order chi connectivity index (χ0) is 67.7. The number of esters is 1. The van der Waals surface area contributed by atoms with E-state index in [1.807, 2.05) is 24.5 Å². The number of amides is 11. The van der Waals surface area contributed by atoms with Gasteiger partial charge in [0.15, 0.2) is 24.2 Å². The number of ether oxygens (including phenoxy) is 1. The minimum Gasteiger partial charge on any atom is -0.453 e. The molecule has 14 atom stereocenters. The monoisotopic (exact) mass is 1260 g/mol. The third-order valence-electron chi connectivity index (χ3n) is 13.9. The Balaban J connectivity index is 3.11. The van der Waals surface area contributed by atoms with Crippen LogP contribution in [0.3, 0.4) is 0 Å². The predicted octanol–water partition coefficient (Wildman–Crippen LogP) is -5.82. The van der Waals surface area contributed by atoms with E-state index in [4.69, 9.17) is 27.7 Å². The number of aliphatic hydroxyl groups is 4. The van der Waals surface area contributed by atoms with E-state index in [2.05, 4.69) is 47.5 Å². The molecular formula is C57H95N15O17. The van der Waals surface area contributed by atoms with Crippen LogP contribution in [0.15, 0.2) is 35.3 Å². The Bertz CT molecular complexity index is 2620. The van der Waals surface area contributed by atoms with Crippen LogP contribution in [0.4, 0.5) is 0 Å². The van der Waals surface area contributed by atoms with Crippen molar-refractivity contribution in [3.05, 3.63) is 35.9 Å². The molecule has 500 valence electrons. The van der Waals surface area contributed by atoms with Crippen molar-refractivity contribution in [1.82, 2.24) is 53.2 Å². The van der Waals surface area contributed by atoms with E-state index in [1.165, 1.54) is 58.0 Å². The predicted molar refractivity (Wildman–Crippen MR) is 322 cm³/mol. The first-order valence-electron chi connectivity index (χ1n) is 29.5. The molecule has 1 fully saturated rings. The lowest BCUT2D eigenvalue weighted by Gasteiger charge is -2.33. The Labute approximate surface area is 517 Å². The molecule has 0 aliphatic carbocycles. The number of nitrogens with one attached hydrogen (secondary N) is 10. The number of primary amides is 1. The molecule has 0 bridgehead atoms. The highest BCUT2D eigenvalue weighted by Gasteiger charge is 2.43. The van der Waals surface area contributed by atoms with Crippen molar-refractivity contribution >= 4 is 76.9 Å². The van der Waals surface area contributed by atoms with Gasteiger partial charge in [0.25, 0.3) is 0 Å². The average molecular weight is 1260 g/mol. The molecule has 2 rings (SSSR count). The van der Waals surface area contributed by atoms with Gasteiger partial charge in [0.05, 0.1) is 31.4 Å². The summed E-state index contributed by atoms with van der Waals surface area (Å²) in [5, 5.41) is 67.8. The molecule has 0 aromatic heterocycles. The molecule has 22 N–H and O–H groups in total. The van der Waals surface area contributed by atoms with Gasteiger partial charge in [-0.05, 0) is 74.2 Å². The lowest BCUT2D eigenvalue weighted by Crippen LogP contribution is -2.64. The fourth-order valence-electron chi connectivity index (χ4n) is 9.08. The van der Waals surface area contributed by atoms with Gasteiger partial charge < -0.3 is 101 Å². The van der Waals surface area contributed by atoms with Crippen LogP contribution in [0, 0.1) is 29.6 Å². The molecule has 32 nitrogen and oxygen atoms in total. The second-order valence-electron chi connectivity index (χ2n) is 23.9. The largest absolute Gasteiger partial charge is 0.453 e. The van der Waals surface area contributed by atoms with Crippen LogP contribution < -0.4 is 76.1 Å². The normalized spacial score (nSPS) is 24.6. The summed E-state index contributed by atoms with van der Waals surface area (Å²) in [7, 11) is 0. The first-order valence-corrected chi connectivity index (χ1v) is 29.5. The van der Waals surface area contributed by atoms with E-state index < -0.39 is 181 Å². The van der Waals surface area contributed by atoms with Crippen LogP contribution in [0.2, 0.25) is 0 Å². The van der Waals surface area contributed by atoms with Gasteiger partial charge >= 0.3 is 5.97 Å². The Morgan fingerprint density at radius 1 is 0.629 bits per heavy atom. The first kappa shape index (κ1) is 77.0. The molecule has 1 aromatic carbocycles. The fourth-order valence-corrected chi connectivity index (χ4v) is 9.08. The van der Waals surface area contributed by atoms with Gasteiger partial charge in [0, 0.05) is 6.54 Å². The zero-order valence-corrected chi connectivity index (χ0v) is 52.4. The van der Waals surface area contributed by atoms with Crippen molar-refractivity contribution in [1.29, 1.82) is 0 Å². The number of aliphatic hydroxyl groups excluding tert-OH is 4. The van der Waals surface area contributed by atoms with Gasteiger partial charge in [0.1, 0.15) is 48.3 Å². The first-order chi connectivity index (χ1) is 41.5. The van der Waals surface area contributed by atoms with Gasteiger partial charge in [-0.2, -0.15) is 0 Å². The molecule has 1 aliphatic heterocycles. The minimum atomic E-state index is -2.57. The van der Waals surface area contributed by atoms with Crippen molar-refractivity contribution in [2.24, 2.45) is 57.5 Å². The third-order valence-corrected chi connectivity index (χ3v) is 13.9. The highest BCUT2D eigenvalue weighted by molar-refractivity contribution is 6.00. The van der Waals surface area contributed by atoms with E-state index in [9.17, 15) is 73.2 Å². The molecule has 1 aromatic rings. The van der Waals surface area contributed by atoms with E-state index >= 15 is 4.79 Å². The summed E-state index contributed by atoms with van der Waals surface area (Å²) < 4.78 is 5.91. The van der Waals surface area contributed by atoms with Gasteiger partial charge in [0.2, 0.25) is 65.0 Å². The summed E-state index contributed by atoms with van der Waals surface area (Å²) in [6.07, 6.45) is -8.27. The van der Waals surface area contributed by atoms with Crippen LogP contribution >= 0.6 is 0 Å². The summed E-state index contributed by atoms with van der Waals surface area (Å²) >= 11 is 0. The van der Waals surface area contributed by atoms with Crippen molar-refractivity contribution in [2.45, 2.75) is 193 Å². The molecule has 0 spiro atoms. The number of benzene rings is 1. The standard InChI is InChI=1S/C57H95N15O17/c1-25(2)20-32(58)47(79)65-35(22-27(5)6)50(82)72-42-45(31-16-13-12-14-17-31)89-56(88)36(24-73)67-54(86)41(44(77)46(59)78)68-37(75)23-63-51(83)39(30(11)74)70-52(84)38(28(7)8)69-48(80)33(18-15-19-62-57(60)61)64-49(81)34(21-26(3)4)66-53(85)40(71-55(42)87)43(76)29(9)10/h12-14,16-17,25-30,32-36,38-45,73-74,76-77H,15,18-24,58H2,1-11H3,(H2,59,78)(H,63,83)(H,64,81)(H,65,79)(H,66,85)(H,67,86)(H,68,75)(H,69,80)(H,70,84)(H,71,87)(H,72,82)(H4,60,61,62)/t30-,32-,33-,34+,35+,36+,38+,39-,40+,41+,42+,43+,44+,45+/m1/s1. The summed E-state index contributed by atoms with van der Waals surface area (Å²) in [5.74, 6) is -17.3. The van der Waals surface area contributed by atoms with Gasteiger partial charge in [-0.15, -0.1) is 0 Å². The molecule has 32 heteroatoms. The van der Waals surface area contributed by atoms with Crippen LogP contribution in [0.1, 0.15) is 120 Å². The van der Waals surface area contributed by atoms with E-state index in [0.29, 0.717) is 0 Å². The molecule has 0 unspecified atom stereocenters. The summed E-state index contributed by atoms with van der Waals surface area (Å²) in [6.45, 7) is 15.1. The van der Waals surface area contributed by atoms with Crippen molar-refractivity contribution in [3.63, 3.8) is 0 Å². The van der Waals surface area contributed by atoms with Gasteiger partial charge in [-0.25, -0.2) is 4.79 Å². The second kappa shape index (κ2) is 37.1. The van der Waals surface area contributed by atoms with Crippen molar-refractivity contribution in [2.75, 3.05) is 19.7 Å². The molecule has 1 heterocycles. The van der Waals surface area contributed by atoms with E-state index in [1.54, 1.807) is 27.7 Å². The number of nitrogens with zero attached hydrogens (tertiary/aromatic N) is 1. The maximum absolute atomic E-state index is 15.3. The Morgan fingerprint density at radius 3 is 1.70 bits per heavy atom. The van der Waals surface area contributed by atoms with Gasteiger partial charge in [-0.3, -0.25) is 57.7 Å². The number of rotatable bonds is 22. The summed E-state index contributed by atoms with van der Waals surface area (Å²) in [5.41, 5.74) is 22.5. The van der Waals surface area contributed by atoms with Crippen LogP contribution in [0.25, 0.3) is 0 Å². The zero-order valence-electron chi connectivity index (χ0n) is 52.4. The lowest BCUT2D eigenvalue weighted by molar-refractivity contribution is -0.159. The number of hydrogen-bond acceptors (Lipinski definition) is 19. The lowest BCUT2D eigenvalue weighted by atomic mass is 9.95. The summed E-state index contributed by atoms with van der Waals surface area (Å²) in [6, 6.07) is -10.7. The second-order valence-corrected chi connectivity index (χ2v) is 23.9. The Morgan fingerprint density at radius 2 is 1.17 bits per heavy atom. The maximum Gasteiger partial charge on any atom is 0.331 e. The highest BCUT2D eigenvalue weighted by Crippen LogP contribution is 2.25. The summed E-state index contributed by atoms with van der Waals surface area (Å²) in [4.78, 5) is 173. The molecule has 89 heavy (non-hydrogen) atoms. The Hall–Kier alpha value is -8.07. The van der Waals surface area contributed by atoms with Crippen LogP contribution in [0.5, 0.6) is 0 Å². The maximum atomic E-state index is 15.3. The number of cyclic esters (lactones) is 1. The number of carbonyl (C=O) groups excluding carboxylic acids is 12. The third kappa shape index (κ3) is 25.5. The quantitative estimate of drug-likeness (QED) is 0.0223. The number of guanidine groups is 1. The van der Waals surface area contributed by atoms with Crippen LogP contribution in [-0.2, 0) is 62.3 Å². The highest BCUT2D eigenvalue weighted by atomic mass is 16.5. The molecule has 0 radical (unpaired) electrons. The number of carbonyl (C=O) groups is 12. The number of nitrogens with two attached hydrogens (primary N) is 4. The smallest absolute Gasteiger partial charge is 0.331 e. The molecule has 0 saturated carbocycles. The number of aliphatic imine (C=N–C) groups is 1. The number of hydrogen-bond donors (Lipinski definition) is 18. The molecular weight excluding hydrogens is 1170 g/mol. The van der Waals surface area contributed by atoms with E-state index in [-0.39, 0.29) is 67.9 Å². The van der Waals surface area contributed by atoms with Crippen LogP contribution in [-0.4, -0.2) is 196 Å². The van der Waals surface area contributed by atoms with Crippen molar-refractivity contribution in [3.8, 4) is 0 Å². The van der Waals surface area contributed by atoms with Crippen molar-refractivity contribution < 1.29 is 82.7 Å². The van der Waals surface area contributed by atoms with Gasteiger partial charge in [-0.1, -0.05) is 99.6 Å². The SMILES string of the molecule is CC(C)C[C@@H](N)C(=O)N[C@@H](CC(C)C)C(=O)N[C@@H]1C(=O)N[C@@H]([C@@H](O)C(C)C)C(=O)N[C@@H](CC(C)C)C(=O)N[C@H](CCCN=C(N)N)C(=O)N[C@@H](C(C)C)C(=O)N[C@H]([C@@H](C)O)C(=O)NCC(=O)N[C@@H]([C@H](O)C(N)=O)C(=O)N[C@@H](CO)C(=O)O[C@H]1c1ccccc1. The van der Waals surface area contributed by atoms with E-state index in [0.717, 1.165) is 6.92 Å². The fraction of sp³-hybridized carbons (Fsp3) is 0.667. The molecule has 1 saturated heterocycles. The topological polar surface area (TPSA) is 532 Å². The minimum absolute atomic E-state index is 0.0450. The molecule has 1 aliphatic rings. The Kier molecular flexibility index (Phi) is 32.1. The molecule has 11 amide bonds. The average Bonchev–Trinajstić information content (AvgIpc) is 2.99.